The van der Waals surface area contributed by atoms with Gasteiger partial charge in [0, 0.05) is 29.6 Å². The highest BCUT2D eigenvalue weighted by molar-refractivity contribution is 8.00. The second-order valence-electron chi connectivity index (χ2n) is 7.81. The van der Waals surface area contributed by atoms with E-state index in [4.69, 9.17) is 0 Å². The van der Waals surface area contributed by atoms with Crippen molar-refractivity contribution >= 4 is 29.3 Å². The van der Waals surface area contributed by atoms with Gasteiger partial charge in [-0.1, -0.05) is 30.7 Å². The number of benzene rings is 2. The van der Waals surface area contributed by atoms with Crippen LogP contribution in [-0.4, -0.2) is 35.1 Å². The van der Waals surface area contributed by atoms with E-state index >= 15 is 0 Å². The number of carbonyl (C=O) groups excluding carboxylic acids is 2. The fourth-order valence-electron chi connectivity index (χ4n) is 4.00. The predicted molar refractivity (Wildman–Crippen MR) is 117 cm³/mol. The van der Waals surface area contributed by atoms with E-state index in [1.165, 1.54) is 36.6 Å². The molecule has 1 fully saturated rings. The summed E-state index contributed by atoms with van der Waals surface area (Å²) in [5.41, 5.74) is 3.71. The second-order valence-corrected chi connectivity index (χ2v) is 8.83. The van der Waals surface area contributed by atoms with Gasteiger partial charge in [-0.25, -0.2) is 0 Å². The lowest BCUT2D eigenvalue weighted by atomic mass is 10.0. The van der Waals surface area contributed by atoms with Crippen LogP contribution in [0.2, 0.25) is 0 Å². The number of hydrogen-bond donors (Lipinski definition) is 2. The molecule has 5 nitrogen and oxygen atoms in total. The Bertz CT molecular complexity index is 915. The molecule has 6 heteroatoms. The highest BCUT2D eigenvalue weighted by atomic mass is 32.2. The van der Waals surface area contributed by atoms with Gasteiger partial charge in [-0.2, -0.15) is 0 Å². The third-order valence-corrected chi connectivity index (χ3v) is 6.82. The summed E-state index contributed by atoms with van der Waals surface area (Å²) in [7, 11) is 0. The van der Waals surface area contributed by atoms with E-state index in [0.717, 1.165) is 29.2 Å². The molecule has 2 aliphatic heterocycles. The van der Waals surface area contributed by atoms with Gasteiger partial charge in [0.05, 0.1) is 11.4 Å². The molecule has 1 saturated heterocycles. The maximum absolute atomic E-state index is 12.7. The first-order valence-corrected chi connectivity index (χ1v) is 11.2. The van der Waals surface area contributed by atoms with Crippen molar-refractivity contribution in [2.45, 2.75) is 50.2 Å². The summed E-state index contributed by atoms with van der Waals surface area (Å²) in [4.78, 5) is 27.8. The summed E-state index contributed by atoms with van der Waals surface area (Å²) in [6, 6.07) is 14.4. The van der Waals surface area contributed by atoms with Crippen molar-refractivity contribution in [1.29, 1.82) is 0 Å². The van der Waals surface area contributed by atoms with Gasteiger partial charge in [-0.3, -0.25) is 14.5 Å². The van der Waals surface area contributed by atoms with E-state index in [0.29, 0.717) is 23.9 Å². The summed E-state index contributed by atoms with van der Waals surface area (Å²) < 4.78 is 0. The normalized spacial score (nSPS) is 19.3. The average Bonchev–Trinajstić information content (AvgIpc) is 2.74. The van der Waals surface area contributed by atoms with Crippen molar-refractivity contribution in [3.8, 4) is 0 Å². The van der Waals surface area contributed by atoms with Crippen molar-refractivity contribution < 1.29 is 9.59 Å². The molecule has 0 aliphatic carbocycles. The van der Waals surface area contributed by atoms with Crippen LogP contribution < -0.4 is 10.6 Å². The number of carbonyl (C=O) groups is 2. The Hall–Kier alpha value is -2.31. The average molecular weight is 410 g/mol. The lowest BCUT2D eigenvalue weighted by Gasteiger charge is -2.33. The molecule has 2 aliphatic rings. The molecule has 2 heterocycles. The molecule has 0 spiro atoms. The Balaban J connectivity index is 1.42. The monoisotopic (exact) mass is 409 g/mol. The maximum atomic E-state index is 12.7. The number of rotatable bonds is 5. The molecule has 2 N–H and O–H groups in total. The molecule has 4 rings (SSSR count). The topological polar surface area (TPSA) is 61.4 Å². The van der Waals surface area contributed by atoms with Gasteiger partial charge >= 0.3 is 0 Å². The summed E-state index contributed by atoms with van der Waals surface area (Å²) >= 11 is 1.50. The van der Waals surface area contributed by atoms with Gasteiger partial charge in [0.15, 0.2) is 0 Å². The van der Waals surface area contributed by atoms with Gasteiger partial charge in [0.1, 0.15) is 0 Å². The smallest absolute Gasteiger partial charge is 0.251 e. The standard InChI is InChI=1S/C23H27N3O2S/c1-16-6-4-5-11-26(16)14-19-8-3-2-7-18(19)13-24-23(28)17-9-10-21-20(12-17)25-22(27)15-29-21/h2-3,7-10,12,16H,4-6,11,13-15H2,1H3,(H,24,28)(H,25,27). The first-order chi connectivity index (χ1) is 14.1. The fraction of sp³-hybridized carbons (Fsp3) is 0.391. The van der Waals surface area contributed by atoms with Gasteiger partial charge in [0.25, 0.3) is 5.91 Å². The Kier molecular flexibility index (Phi) is 6.21. The number of amides is 2. The minimum atomic E-state index is -0.126. The molecule has 0 aromatic heterocycles. The molecule has 1 unspecified atom stereocenters. The molecule has 152 valence electrons. The maximum Gasteiger partial charge on any atom is 0.251 e. The number of nitrogens with one attached hydrogen (secondary N) is 2. The van der Waals surface area contributed by atoms with E-state index < -0.39 is 0 Å². The van der Waals surface area contributed by atoms with Crippen LogP contribution in [0.3, 0.4) is 0 Å². The highest BCUT2D eigenvalue weighted by Gasteiger charge is 2.20. The van der Waals surface area contributed by atoms with Crippen LogP contribution in [0, 0.1) is 0 Å². The minimum absolute atomic E-state index is 0.0269. The van der Waals surface area contributed by atoms with Crippen LogP contribution in [0.15, 0.2) is 47.4 Å². The molecule has 2 aromatic rings. The number of piperidine rings is 1. The van der Waals surface area contributed by atoms with E-state index in [1.54, 1.807) is 6.07 Å². The van der Waals surface area contributed by atoms with Crippen molar-refractivity contribution in [1.82, 2.24) is 10.2 Å². The summed E-state index contributed by atoms with van der Waals surface area (Å²) in [5.74, 6) is 0.269. The molecule has 2 amide bonds. The predicted octanol–water partition coefficient (Wildman–Crippen LogP) is 4.04. The van der Waals surface area contributed by atoms with Gasteiger partial charge < -0.3 is 10.6 Å². The zero-order valence-electron chi connectivity index (χ0n) is 16.7. The van der Waals surface area contributed by atoms with Crippen molar-refractivity contribution in [2.24, 2.45) is 0 Å². The first kappa shape index (κ1) is 20.0. The van der Waals surface area contributed by atoms with E-state index in [2.05, 4.69) is 40.7 Å². The Morgan fingerprint density at radius 3 is 2.86 bits per heavy atom. The fourth-order valence-corrected chi connectivity index (χ4v) is 4.79. The molecule has 0 radical (unpaired) electrons. The summed E-state index contributed by atoms with van der Waals surface area (Å²) in [6.45, 7) is 4.86. The lowest BCUT2D eigenvalue weighted by Crippen LogP contribution is -2.37. The second kappa shape index (κ2) is 9.01. The largest absolute Gasteiger partial charge is 0.348 e. The lowest BCUT2D eigenvalue weighted by molar-refractivity contribution is -0.113. The quantitative estimate of drug-likeness (QED) is 0.783. The number of fused-ring (bicyclic) bond motifs is 1. The van der Waals surface area contributed by atoms with Crippen molar-refractivity contribution in [3.63, 3.8) is 0 Å². The van der Waals surface area contributed by atoms with E-state index in [-0.39, 0.29) is 11.8 Å². The number of likely N-dealkylation sites (tertiary alicyclic amines) is 1. The summed E-state index contributed by atoms with van der Waals surface area (Å²) in [5, 5.41) is 5.89. The van der Waals surface area contributed by atoms with E-state index in [9.17, 15) is 9.59 Å². The number of anilines is 1. The molecule has 0 bridgehead atoms. The molecule has 29 heavy (non-hydrogen) atoms. The molecule has 1 atom stereocenters. The van der Waals surface area contributed by atoms with Gasteiger partial charge in [-0.15, -0.1) is 11.8 Å². The molecule has 2 aromatic carbocycles. The van der Waals surface area contributed by atoms with Crippen molar-refractivity contribution in [2.75, 3.05) is 17.6 Å². The minimum Gasteiger partial charge on any atom is -0.348 e. The number of thioether (sulfide) groups is 1. The van der Waals surface area contributed by atoms with Gasteiger partial charge in [0.2, 0.25) is 5.91 Å². The van der Waals surface area contributed by atoms with Crippen LogP contribution in [-0.2, 0) is 17.9 Å². The van der Waals surface area contributed by atoms with Crippen molar-refractivity contribution in [3.05, 3.63) is 59.2 Å². The van der Waals surface area contributed by atoms with Crippen LogP contribution >= 0.6 is 11.8 Å². The Morgan fingerprint density at radius 2 is 2.03 bits per heavy atom. The third kappa shape index (κ3) is 4.82. The summed E-state index contributed by atoms with van der Waals surface area (Å²) in [6.07, 6.45) is 3.83. The van der Waals surface area contributed by atoms with Crippen LogP contribution in [0.5, 0.6) is 0 Å². The first-order valence-electron chi connectivity index (χ1n) is 10.3. The Morgan fingerprint density at radius 1 is 1.21 bits per heavy atom. The van der Waals surface area contributed by atoms with Crippen LogP contribution in [0.25, 0.3) is 0 Å². The number of hydrogen-bond acceptors (Lipinski definition) is 4. The number of nitrogens with zero attached hydrogens (tertiary/aromatic N) is 1. The van der Waals surface area contributed by atoms with Gasteiger partial charge in [-0.05, 0) is 55.6 Å². The third-order valence-electron chi connectivity index (χ3n) is 5.75. The SMILES string of the molecule is CC1CCCCN1Cc1ccccc1CNC(=O)c1ccc2c(c1)NC(=O)CS2. The molecular formula is C23H27N3O2S. The zero-order chi connectivity index (χ0) is 20.2. The molecular weight excluding hydrogens is 382 g/mol. The van der Waals surface area contributed by atoms with E-state index in [1.807, 2.05) is 18.2 Å². The zero-order valence-corrected chi connectivity index (χ0v) is 17.6. The highest BCUT2D eigenvalue weighted by Crippen LogP contribution is 2.32. The van der Waals surface area contributed by atoms with Crippen LogP contribution in [0.1, 0.15) is 47.7 Å². The van der Waals surface area contributed by atoms with Crippen LogP contribution in [0.4, 0.5) is 5.69 Å². The Labute approximate surface area is 176 Å². The molecule has 0 saturated carbocycles.